The van der Waals surface area contributed by atoms with Gasteiger partial charge in [-0.15, -0.1) is 12.4 Å². The fraction of sp³-hybridized carbons (Fsp3) is 0.316. The summed E-state index contributed by atoms with van der Waals surface area (Å²) in [5.74, 6) is 1.59. The first kappa shape index (κ1) is 20.0. The summed E-state index contributed by atoms with van der Waals surface area (Å²) in [6.45, 7) is 4.35. The summed E-state index contributed by atoms with van der Waals surface area (Å²) in [6, 6.07) is 15.6. The highest BCUT2D eigenvalue weighted by Crippen LogP contribution is 2.27. The first-order valence-corrected chi connectivity index (χ1v) is 7.90. The summed E-state index contributed by atoms with van der Waals surface area (Å²) in [4.78, 5) is 11.8. The second-order valence-corrected chi connectivity index (χ2v) is 5.77. The van der Waals surface area contributed by atoms with Crippen molar-refractivity contribution >= 4 is 18.3 Å². The number of carbonyl (C=O) groups is 1. The highest BCUT2D eigenvalue weighted by molar-refractivity contribution is 5.85. The number of ether oxygens (including phenoxy) is 1. The zero-order valence-corrected chi connectivity index (χ0v) is 14.9. The lowest BCUT2D eigenvalue weighted by molar-refractivity contribution is -0.121. The molecule has 0 aromatic heterocycles. The molecule has 0 saturated carbocycles. The Morgan fingerprint density at radius 1 is 1.12 bits per heavy atom. The van der Waals surface area contributed by atoms with Crippen LogP contribution in [0, 0.1) is 6.92 Å². The van der Waals surface area contributed by atoms with Crippen molar-refractivity contribution in [3.63, 3.8) is 0 Å². The number of halogens is 1. The zero-order chi connectivity index (χ0) is 16.7. The van der Waals surface area contributed by atoms with E-state index >= 15 is 0 Å². The molecule has 5 heteroatoms. The number of nitrogens with one attached hydrogen (secondary N) is 1. The number of amides is 1. The third-order valence-corrected chi connectivity index (χ3v) is 3.59. The lowest BCUT2D eigenvalue weighted by atomic mass is 10.1. The Labute approximate surface area is 149 Å². The second kappa shape index (κ2) is 9.96. The summed E-state index contributed by atoms with van der Waals surface area (Å²) in [7, 11) is 0. The Kier molecular flexibility index (Phi) is 8.30. The van der Waals surface area contributed by atoms with E-state index in [0.717, 1.165) is 22.6 Å². The van der Waals surface area contributed by atoms with Gasteiger partial charge >= 0.3 is 0 Å². The van der Waals surface area contributed by atoms with Crippen LogP contribution in [0.25, 0.3) is 0 Å². The average Bonchev–Trinajstić information content (AvgIpc) is 2.54. The Hall–Kier alpha value is -2.04. The minimum atomic E-state index is 0. The maximum absolute atomic E-state index is 11.8. The lowest BCUT2D eigenvalue weighted by Crippen LogP contribution is -2.25. The molecule has 130 valence electrons. The van der Waals surface area contributed by atoms with Crippen LogP contribution < -0.4 is 15.8 Å². The van der Waals surface area contributed by atoms with E-state index in [0.29, 0.717) is 19.4 Å². The molecule has 0 radical (unpaired) electrons. The van der Waals surface area contributed by atoms with Crippen LogP contribution in [0.5, 0.6) is 11.5 Å². The van der Waals surface area contributed by atoms with Gasteiger partial charge in [0.15, 0.2) is 0 Å². The summed E-state index contributed by atoms with van der Waals surface area (Å²) in [6.07, 6.45) is 1.13. The second-order valence-electron chi connectivity index (χ2n) is 5.77. The SMILES string of the molecule is Cc1ccccc1Oc1ccccc1CNC(=O)CCC(C)N.Cl. The molecule has 2 rings (SSSR count). The van der Waals surface area contributed by atoms with Crippen LogP contribution >= 0.6 is 12.4 Å². The van der Waals surface area contributed by atoms with Gasteiger partial charge in [0.2, 0.25) is 5.91 Å². The molecule has 0 aliphatic carbocycles. The van der Waals surface area contributed by atoms with Crippen LogP contribution in [0.3, 0.4) is 0 Å². The summed E-state index contributed by atoms with van der Waals surface area (Å²) < 4.78 is 6.00. The first-order chi connectivity index (χ1) is 11.1. The number of nitrogens with two attached hydrogens (primary N) is 1. The van der Waals surface area contributed by atoms with Crippen molar-refractivity contribution in [3.05, 3.63) is 59.7 Å². The highest BCUT2D eigenvalue weighted by Gasteiger charge is 2.08. The van der Waals surface area contributed by atoms with Crippen LogP contribution in [0.1, 0.15) is 30.9 Å². The van der Waals surface area contributed by atoms with E-state index in [9.17, 15) is 4.79 Å². The van der Waals surface area contributed by atoms with E-state index in [1.807, 2.05) is 62.4 Å². The molecule has 0 aliphatic rings. The van der Waals surface area contributed by atoms with Gasteiger partial charge in [-0.25, -0.2) is 0 Å². The van der Waals surface area contributed by atoms with Crippen LogP contribution in [0.4, 0.5) is 0 Å². The molecule has 0 saturated heterocycles. The minimum absolute atomic E-state index is 0. The molecule has 0 heterocycles. The van der Waals surface area contributed by atoms with Crippen molar-refractivity contribution in [2.45, 2.75) is 39.3 Å². The number of aryl methyl sites for hydroxylation is 1. The van der Waals surface area contributed by atoms with E-state index < -0.39 is 0 Å². The van der Waals surface area contributed by atoms with E-state index in [1.54, 1.807) is 0 Å². The summed E-state index contributed by atoms with van der Waals surface area (Å²) >= 11 is 0. The molecule has 0 bridgehead atoms. The molecule has 1 amide bonds. The largest absolute Gasteiger partial charge is 0.457 e. The molecule has 0 fully saturated rings. The predicted molar refractivity (Wildman–Crippen MR) is 99.7 cm³/mol. The molecule has 0 aliphatic heterocycles. The maximum atomic E-state index is 11.8. The molecule has 1 unspecified atom stereocenters. The van der Waals surface area contributed by atoms with Crippen molar-refractivity contribution < 1.29 is 9.53 Å². The van der Waals surface area contributed by atoms with Gasteiger partial charge in [0, 0.05) is 24.6 Å². The van der Waals surface area contributed by atoms with Gasteiger partial charge in [-0.05, 0) is 38.0 Å². The molecular formula is C19H25ClN2O2. The summed E-state index contributed by atoms with van der Waals surface area (Å²) in [5.41, 5.74) is 7.69. The third-order valence-electron chi connectivity index (χ3n) is 3.59. The van der Waals surface area contributed by atoms with Crippen molar-refractivity contribution in [1.82, 2.24) is 5.32 Å². The Balaban J connectivity index is 0.00000288. The zero-order valence-electron chi connectivity index (χ0n) is 14.1. The number of para-hydroxylation sites is 2. The van der Waals surface area contributed by atoms with Gasteiger partial charge in [0.25, 0.3) is 0 Å². The molecule has 3 N–H and O–H groups in total. The predicted octanol–water partition coefficient (Wildman–Crippen LogP) is 3.95. The standard InChI is InChI=1S/C19H24N2O2.ClH/c1-14-7-3-5-9-17(14)23-18-10-6-4-8-16(18)13-21-19(22)12-11-15(2)20;/h3-10,15H,11-13,20H2,1-2H3,(H,21,22);1H. The van der Waals surface area contributed by atoms with E-state index in [-0.39, 0.29) is 24.4 Å². The van der Waals surface area contributed by atoms with E-state index in [4.69, 9.17) is 10.5 Å². The molecule has 2 aromatic carbocycles. The van der Waals surface area contributed by atoms with Crippen molar-refractivity contribution in [1.29, 1.82) is 0 Å². The molecule has 0 spiro atoms. The smallest absolute Gasteiger partial charge is 0.220 e. The normalized spacial score (nSPS) is 11.3. The highest BCUT2D eigenvalue weighted by atomic mass is 35.5. The topological polar surface area (TPSA) is 64.3 Å². The number of rotatable bonds is 7. The molecule has 2 aromatic rings. The lowest BCUT2D eigenvalue weighted by Gasteiger charge is -2.13. The Morgan fingerprint density at radius 3 is 2.42 bits per heavy atom. The Morgan fingerprint density at radius 2 is 1.75 bits per heavy atom. The molecule has 4 nitrogen and oxygen atoms in total. The van der Waals surface area contributed by atoms with Crippen molar-refractivity contribution in [3.8, 4) is 11.5 Å². The van der Waals surface area contributed by atoms with Crippen molar-refractivity contribution in [2.75, 3.05) is 0 Å². The molecule has 1 atom stereocenters. The fourth-order valence-corrected chi connectivity index (χ4v) is 2.18. The van der Waals surface area contributed by atoms with Gasteiger partial charge < -0.3 is 15.8 Å². The Bertz CT molecular complexity index is 659. The number of hydrogen-bond donors (Lipinski definition) is 2. The molecule has 24 heavy (non-hydrogen) atoms. The quantitative estimate of drug-likeness (QED) is 0.796. The van der Waals surface area contributed by atoms with Crippen LogP contribution in [-0.2, 0) is 11.3 Å². The van der Waals surface area contributed by atoms with E-state index in [2.05, 4.69) is 5.32 Å². The van der Waals surface area contributed by atoms with Gasteiger partial charge in [-0.2, -0.15) is 0 Å². The minimum Gasteiger partial charge on any atom is -0.457 e. The average molecular weight is 349 g/mol. The maximum Gasteiger partial charge on any atom is 0.220 e. The summed E-state index contributed by atoms with van der Waals surface area (Å²) in [5, 5.41) is 2.92. The van der Waals surface area contributed by atoms with Gasteiger partial charge in [-0.1, -0.05) is 36.4 Å². The van der Waals surface area contributed by atoms with Crippen LogP contribution in [0.2, 0.25) is 0 Å². The number of hydrogen-bond acceptors (Lipinski definition) is 3. The number of benzene rings is 2. The van der Waals surface area contributed by atoms with Crippen LogP contribution in [-0.4, -0.2) is 11.9 Å². The van der Waals surface area contributed by atoms with Gasteiger partial charge in [-0.3, -0.25) is 4.79 Å². The van der Waals surface area contributed by atoms with Crippen molar-refractivity contribution in [2.24, 2.45) is 5.73 Å². The monoisotopic (exact) mass is 348 g/mol. The fourth-order valence-electron chi connectivity index (χ4n) is 2.18. The van der Waals surface area contributed by atoms with E-state index in [1.165, 1.54) is 0 Å². The van der Waals surface area contributed by atoms with Crippen LogP contribution in [0.15, 0.2) is 48.5 Å². The number of carbonyl (C=O) groups excluding carboxylic acids is 1. The van der Waals surface area contributed by atoms with Gasteiger partial charge in [0.05, 0.1) is 0 Å². The first-order valence-electron chi connectivity index (χ1n) is 7.90. The molecular weight excluding hydrogens is 324 g/mol. The van der Waals surface area contributed by atoms with Gasteiger partial charge in [0.1, 0.15) is 11.5 Å². The third kappa shape index (κ3) is 6.22.